The van der Waals surface area contributed by atoms with Crippen LogP contribution in [-0.4, -0.2) is 60.9 Å². The number of rotatable bonds is 5. The van der Waals surface area contributed by atoms with Gasteiger partial charge in [-0.25, -0.2) is 4.39 Å². The van der Waals surface area contributed by atoms with E-state index >= 15 is 0 Å². The van der Waals surface area contributed by atoms with Crippen LogP contribution in [0.15, 0.2) is 48.5 Å². The fraction of sp³-hybridized carbons (Fsp3) is 0.300. The highest BCUT2D eigenvalue weighted by Crippen LogP contribution is 2.18. The van der Waals surface area contributed by atoms with Crippen LogP contribution in [0.1, 0.15) is 20.7 Å². The minimum absolute atomic E-state index is 0.0511. The van der Waals surface area contributed by atoms with Gasteiger partial charge in [0.2, 0.25) is 0 Å². The molecule has 7 heteroatoms. The van der Waals surface area contributed by atoms with E-state index in [0.29, 0.717) is 42.3 Å². The van der Waals surface area contributed by atoms with E-state index in [1.165, 1.54) is 24.3 Å². The molecule has 2 aromatic carbocycles. The van der Waals surface area contributed by atoms with Crippen molar-refractivity contribution in [2.75, 3.05) is 39.3 Å². The number of carbonyl (C=O) groups is 2. The van der Waals surface area contributed by atoms with Crippen LogP contribution in [0, 0.1) is 5.82 Å². The molecule has 27 heavy (non-hydrogen) atoms. The molecule has 0 spiro atoms. The molecule has 142 valence electrons. The van der Waals surface area contributed by atoms with Crippen LogP contribution in [0.25, 0.3) is 0 Å². The Bertz CT molecular complexity index is 805. The lowest BCUT2D eigenvalue weighted by Crippen LogP contribution is -2.50. The number of nitrogens with one attached hydrogen (secondary N) is 1. The molecular formula is C20H21ClFN3O2. The summed E-state index contributed by atoms with van der Waals surface area (Å²) < 4.78 is 12.9. The summed E-state index contributed by atoms with van der Waals surface area (Å²) >= 11 is 6.11. The molecule has 0 bridgehead atoms. The molecule has 0 aromatic heterocycles. The van der Waals surface area contributed by atoms with Crippen molar-refractivity contribution in [3.63, 3.8) is 0 Å². The van der Waals surface area contributed by atoms with E-state index in [4.69, 9.17) is 11.6 Å². The summed E-state index contributed by atoms with van der Waals surface area (Å²) in [5.41, 5.74) is 0.964. The minimum atomic E-state index is -0.365. The molecule has 1 heterocycles. The van der Waals surface area contributed by atoms with Crippen molar-refractivity contribution in [2.24, 2.45) is 0 Å². The first-order chi connectivity index (χ1) is 13.0. The second kappa shape index (κ2) is 8.97. The number of piperazine rings is 1. The average Bonchev–Trinajstić information content (AvgIpc) is 2.69. The van der Waals surface area contributed by atoms with Gasteiger partial charge in [-0.15, -0.1) is 0 Å². The summed E-state index contributed by atoms with van der Waals surface area (Å²) in [6.07, 6.45) is 0. The Balaban J connectivity index is 1.42. The highest BCUT2D eigenvalue weighted by molar-refractivity contribution is 6.33. The van der Waals surface area contributed by atoms with Crippen molar-refractivity contribution < 1.29 is 14.0 Å². The van der Waals surface area contributed by atoms with Gasteiger partial charge in [0.05, 0.1) is 10.6 Å². The van der Waals surface area contributed by atoms with Crippen LogP contribution >= 0.6 is 11.6 Å². The summed E-state index contributed by atoms with van der Waals surface area (Å²) in [4.78, 5) is 28.6. The lowest BCUT2D eigenvalue weighted by Gasteiger charge is -2.34. The Morgan fingerprint density at radius 3 is 2.33 bits per heavy atom. The summed E-state index contributed by atoms with van der Waals surface area (Å²) in [7, 11) is 0. The number of hydrogen-bond donors (Lipinski definition) is 1. The van der Waals surface area contributed by atoms with Gasteiger partial charge in [-0.1, -0.05) is 23.7 Å². The van der Waals surface area contributed by atoms with E-state index in [1.54, 1.807) is 29.2 Å². The predicted octanol–water partition coefficient (Wildman–Crippen LogP) is 2.67. The zero-order valence-corrected chi connectivity index (χ0v) is 15.6. The van der Waals surface area contributed by atoms with Crippen molar-refractivity contribution in [3.8, 4) is 0 Å². The van der Waals surface area contributed by atoms with Gasteiger partial charge in [-0.05, 0) is 36.4 Å². The lowest BCUT2D eigenvalue weighted by atomic mass is 10.2. The number of benzene rings is 2. The second-order valence-electron chi connectivity index (χ2n) is 6.38. The standard InChI is InChI=1S/C20H21ClFN3O2/c21-18-4-2-1-3-17(18)20(27)25-13-11-24(12-14-25)10-9-23-19(26)15-5-7-16(22)8-6-15/h1-8H,9-14H2,(H,23,26). The topological polar surface area (TPSA) is 52.7 Å². The van der Waals surface area contributed by atoms with Crippen LogP contribution in [0.4, 0.5) is 4.39 Å². The number of carbonyl (C=O) groups excluding carboxylic acids is 2. The first kappa shape index (κ1) is 19.3. The Morgan fingerprint density at radius 1 is 1.00 bits per heavy atom. The summed E-state index contributed by atoms with van der Waals surface area (Å²) in [5, 5.41) is 3.30. The van der Waals surface area contributed by atoms with Gasteiger partial charge in [-0.3, -0.25) is 14.5 Å². The number of halogens is 2. The smallest absolute Gasteiger partial charge is 0.255 e. The zero-order valence-electron chi connectivity index (χ0n) is 14.8. The number of nitrogens with zero attached hydrogens (tertiary/aromatic N) is 2. The van der Waals surface area contributed by atoms with Gasteiger partial charge in [-0.2, -0.15) is 0 Å². The van der Waals surface area contributed by atoms with Gasteiger partial charge in [0.25, 0.3) is 11.8 Å². The molecule has 1 aliphatic rings. The first-order valence-corrected chi connectivity index (χ1v) is 9.22. The zero-order chi connectivity index (χ0) is 19.2. The lowest BCUT2D eigenvalue weighted by molar-refractivity contribution is 0.0638. The number of hydrogen-bond acceptors (Lipinski definition) is 3. The van der Waals surface area contributed by atoms with Crippen molar-refractivity contribution in [2.45, 2.75) is 0 Å². The van der Waals surface area contributed by atoms with Crippen molar-refractivity contribution in [1.82, 2.24) is 15.1 Å². The van der Waals surface area contributed by atoms with E-state index in [0.717, 1.165) is 13.1 Å². The third-order valence-electron chi connectivity index (χ3n) is 4.58. The van der Waals surface area contributed by atoms with Crippen molar-refractivity contribution >= 4 is 23.4 Å². The average molecular weight is 390 g/mol. The maximum Gasteiger partial charge on any atom is 0.255 e. The molecule has 0 saturated carbocycles. The summed E-state index contributed by atoms with van der Waals surface area (Å²) in [5.74, 6) is -0.636. The molecule has 3 rings (SSSR count). The maximum atomic E-state index is 12.9. The van der Waals surface area contributed by atoms with Crippen LogP contribution in [0.2, 0.25) is 5.02 Å². The molecule has 5 nitrogen and oxygen atoms in total. The minimum Gasteiger partial charge on any atom is -0.351 e. The monoisotopic (exact) mass is 389 g/mol. The van der Waals surface area contributed by atoms with Crippen LogP contribution in [0.5, 0.6) is 0 Å². The highest BCUT2D eigenvalue weighted by atomic mass is 35.5. The van der Waals surface area contributed by atoms with Crippen LogP contribution in [0.3, 0.4) is 0 Å². The molecule has 0 unspecified atom stereocenters. The Labute approximate surface area is 162 Å². The Morgan fingerprint density at radius 2 is 1.67 bits per heavy atom. The fourth-order valence-corrected chi connectivity index (χ4v) is 3.23. The van der Waals surface area contributed by atoms with Gasteiger partial charge in [0.15, 0.2) is 0 Å². The summed E-state index contributed by atoms with van der Waals surface area (Å²) in [6.45, 7) is 3.91. The molecule has 0 atom stereocenters. The van der Waals surface area contributed by atoms with E-state index in [1.807, 2.05) is 0 Å². The number of amides is 2. The van der Waals surface area contributed by atoms with E-state index in [9.17, 15) is 14.0 Å². The molecule has 1 N–H and O–H groups in total. The highest BCUT2D eigenvalue weighted by Gasteiger charge is 2.23. The SMILES string of the molecule is O=C(NCCN1CCN(C(=O)c2ccccc2Cl)CC1)c1ccc(F)cc1. The van der Waals surface area contributed by atoms with Gasteiger partial charge >= 0.3 is 0 Å². The van der Waals surface area contributed by atoms with E-state index in [-0.39, 0.29) is 17.6 Å². The molecule has 1 saturated heterocycles. The van der Waals surface area contributed by atoms with Gasteiger partial charge in [0, 0.05) is 44.8 Å². The van der Waals surface area contributed by atoms with Gasteiger partial charge < -0.3 is 10.2 Å². The van der Waals surface area contributed by atoms with E-state index < -0.39 is 0 Å². The van der Waals surface area contributed by atoms with Crippen molar-refractivity contribution in [1.29, 1.82) is 0 Å². The normalized spacial score (nSPS) is 14.8. The molecular weight excluding hydrogens is 369 g/mol. The molecule has 0 aliphatic carbocycles. The largest absolute Gasteiger partial charge is 0.351 e. The predicted molar refractivity (Wildman–Crippen MR) is 103 cm³/mol. The maximum absolute atomic E-state index is 12.9. The second-order valence-corrected chi connectivity index (χ2v) is 6.78. The molecule has 2 amide bonds. The Kier molecular flexibility index (Phi) is 6.42. The van der Waals surface area contributed by atoms with E-state index in [2.05, 4.69) is 10.2 Å². The van der Waals surface area contributed by atoms with Crippen LogP contribution in [-0.2, 0) is 0 Å². The van der Waals surface area contributed by atoms with Gasteiger partial charge in [0.1, 0.15) is 5.82 Å². The fourth-order valence-electron chi connectivity index (χ4n) is 3.01. The first-order valence-electron chi connectivity index (χ1n) is 8.84. The molecule has 0 radical (unpaired) electrons. The third kappa shape index (κ3) is 5.05. The molecule has 2 aromatic rings. The summed E-state index contributed by atoms with van der Waals surface area (Å²) in [6, 6.07) is 12.5. The molecule has 1 fully saturated rings. The Hall–Kier alpha value is -2.44. The third-order valence-corrected chi connectivity index (χ3v) is 4.91. The molecule has 1 aliphatic heterocycles. The van der Waals surface area contributed by atoms with Crippen LogP contribution < -0.4 is 5.32 Å². The quantitative estimate of drug-likeness (QED) is 0.855. The van der Waals surface area contributed by atoms with Crippen molar-refractivity contribution in [3.05, 3.63) is 70.5 Å².